The van der Waals surface area contributed by atoms with Gasteiger partial charge in [-0.05, 0) is 65.0 Å². The van der Waals surface area contributed by atoms with Crippen LogP contribution < -0.4 is 10.6 Å². The Kier molecular flexibility index (Phi) is 10.8. The highest BCUT2D eigenvalue weighted by atomic mass is 127. The number of nitrogens with zero attached hydrogens (tertiary/aromatic N) is 3. The minimum Gasteiger partial charge on any atom is -0.357 e. The number of thiazole rings is 1. The fourth-order valence-electron chi connectivity index (χ4n) is 4.39. The van der Waals surface area contributed by atoms with Crippen LogP contribution >= 0.6 is 35.3 Å². The van der Waals surface area contributed by atoms with E-state index in [-0.39, 0.29) is 42.9 Å². The highest BCUT2D eigenvalue weighted by Gasteiger charge is 2.42. The molecule has 0 bridgehead atoms. The van der Waals surface area contributed by atoms with E-state index >= 15 is 0 Å². The molecule has 2 heterocycles. The molecular formula is C21H35F3IN5S. The Bertz CT molecular complexity index is 689. The van der Waals surface area contributed by atoms with Crippen molar-refractivity contribution in [1.82, 2.24) is 20.5 Å². The summed E-state index contributed by atoms with van der Waals surface area (Å²) >= 11 is 1.69. The summed E-state index contributed by atoms with van der Waals surface area (Å²) in [5.74, 6) is -0.0219. The lowest BCUT2D eigenvalue weighted by Gasteiger charge is -2.32. The molecule has 0 spiro atoms. The summed E-state index contributed by atoms with van der Waals surface area (Å²) < 4.78 is 39.2. The quantitative estimate of drug-likeness (QED) is 0.287. The summed E-state index contributed by atoms with van der Waals surface area (Å²) in [7, 11) is 0. The number of hydrogen-bond acceptors (Lipinski definition) is 4. The van der Waals surface area contributed by atoms with E-state index < -0.39 is 12.1 Å². The van der Waals surface area contributed by atoms with Crippen LogP contribution in [0.1, 0.15) is 56.2 Å². The number of hydrogen-bond donors (Lipinski definition) is 2. The number of halogens is 4. The second-order valence-electron chi connectivity index (χ2n) is 8.54. The Balaban J connectivity index is 0.00000341. The Labute approximate surface area is 204 Å². The first-order chi connectivity index (χ1) is 14.3. The third-order valence-corrected chi connectivity index (χ3v) is 6.91. The van der Waals surface area contributed by atoms with Crippen molar-refractivity contribution in [2.75, 3.05) is 26.2 Å². The molecule has 10 heteroatoms. The zero-order valence-electron chi connectivity index (χ0n) is 18.4. The number of aliphatic imine (C=N–C) groups is 1. The van der Waals surface area contributed by atoms with Crippen LogP contribution in [0.5, 0.6) is 0 Å². The molecule has 0 radical (unpaired) electrons. The molecule has 5 nitrogen and oxygen atoms in total. The normalized spacial score (nSPS) is 24.0. The molecule has 1 saturated heterocycles. The smallest absolute Gasteiger partial charge is 0.357 e. The standard InChI is InChI=1S/C21H34F3N5S.HI/c1-3-25-20(28-18-6-4-5-17(11-18)21(22,23)24)26-12-16-7-9-29(10-8-16)13-19-14-30-15(2)27-19;/h14,16-18H,3-13H2,1-2H3,(H2,25,26,28);1H. The summed E-state index contributed by atoms with van der Waals surface area (Å²) in [5, 5.41) is 9.71. The largest absolute Gasteiger partial charge is 0.391 e. The molecule has 1 aromatic heterocycles. The Morgan fingerprint density at radius 1 is 1.26 bits per heavy atom. The summed E-state index contributed by atoms with van der Waals surface area (Å²) in [6.07, 6.45) is -0.154. The maximum Gasteiger partial charge on any atom is 0.391 e. The van der Waals surface area contributed by atoms with Gasteiger partial charge in [0.2, 0.25) is 0 Å². The summed E-state index contributed by atoms with van der Waals surface area (Å²) in [6, 6.07) is -0.161. The average Bonchev–Trinajstić information content (AvgIpc) is 3.11. The molecule has 2 aliphatic rings. The van der Waals surface area contributed by atoms with E-state index in [4.69, 9.17) is 4.99 Å². The molecule has 1 saturated carbocycles. The van der Waals surface area contributed by atoms with Crippen molar-refractivity contribution in [1.29, 1.82) is 0 Å². The molecule has 1 aromatic rings. The molecular weight excluding hydrogens is 538 g/mol. The fourth-order valence-corrected chi connectivity index (χ4v) is 4.99. The van der Waals surface area contributed by atoms with Crippen LogP contribution in [0.25, 0.3) is 0 Å². The van der Waals surface area contributed by atoms with E-state index in [9.17, 15) is 13.2 Å². The molecule has 2 fully saturated rings. The molecule has 31 heavy (non-hydrogen) atoms. The van der Waals surface area contributed by atoms with E-state index in [1.165, 1.54) is 0 Å². The number of guanidine groups is 1. The first-order valence-electron chi connectivity index (χ1n) is 11.1. The first-order valence-corrected chi connectivity index (χ1v) is 12.0. The molecule has 0 aromatic carbocycles. The van der Waals surface area contributed by atoms with Crippen LogP contribution in [0.2, 0.25) is 0 Å². The number of alkyl halides is 3. The van der Waals surface area contributed by atoms with Gasteiger partial charge in [0.15, 0.2) is 5.96 Å². The maximum atomic E-state index is 13.1. The molecule has 1 aliphatic heterocycles. The van der Waals surface area contributed by atoms with Gasteiger partial charge in [-0.25, -0.2) is 4.98 Å². The van der Waals surface area contributed by atoms with E-state index in [0.29, 0.717) is 31.4 Å². The molecule has 3 rings (SSSR count). The van der Waals surface area contributed by atoms with Crippen molar-refractivity contribution in [3.63, 3.8) is 0 Å². The molecule has 1 aliphatic carbocycles. The van der Waals surface area contributed by atoms with Gasteiger partial charge in [0.1, 0.15) is 0 Å². The third-order valence-electron chi connectivity index (χ3n) is 6.09. The van der Waals surface area contributed by atoms with E-state index in [0.717, 1.165) is 49.6 Å². The van der Waals surface area contributed by atoms with Crippen LogP contribution in [0, 0.1) is 18.8 Å². The number of nitrogens with one attached hydrogen (secondary N) is 2. The van der Waals surface area contributed by atoms with Gasteiger partial charge in [-0.2, -0.15) is 13.2 Å². The van der Waals surface area contributed by atoms with Gasteiger partial charge in [0.05, 0.1) is 16.6 Å². The number of likely N-dealkylation sites (tertiary alicyclic amines) is 1. The van der Waals surface area contributed by atoms with Crippen molar-refractivity contribution in [2.24, 2.45) is 16.8 Å². The number of rotatable bonds is 6. The topological polar surface area (TPSA) is 52.6 Å². The maximum absolute atomic E-state index is 13.1. The molecule has 178 valence electrons. The van der Waals surface area contributed by atoms with Crippen molar-refractivity contribution in [3.8, 4) is 0 Å². The minimum atomic E-state index is -4.10. The molecule has 0 amide bonds. The van der Waals surface area contributed by atoms with Gasteiger partial charge in [0, 0.05) is 31.1 Å². The van der Waals surface area contributed by atoms with Gasteiger partial charge in [-0.1, -0.05) is 6.42 Å². The second-order valence-corrected chi connectivity index (χ2v) is 9.61. The number of aryl methyl sites for hydroxylation is 1. The number of aromatic nitrogens is 1. The Morgan fingerprint density at radius 2 is 2.00 bits per heavy atom. The molecule has 2 N–H and O–H groups in total. The monoisotopic (exact) mass is 573 g/mol. The molecule has 2 unspecified atom stereocenters. The van der Waals surface area contributed by atoms with Gasteiger partial charge in [-0.3, -0.25) is 9.89 Å². The van der Waals surface area contributed by atoms with Gasteiger partial charge < -0.3 is 10.6 Å². The van der Waals surface area contributed by atoms with Crippen LogP contribution in [-0.4, -0.2) is 54.2 Å². The molecule has 2 atom stereocenters. The average molecular weight is 574 g/mol. The van der Waals surface area contributed by atoms with Crippen molar-refractivity contribution < 1.29 is 13.2 Å². The summed E-state index contributed by atoms with van der Waals surface area (Å²) in [4.78, 5) is 11.7. The highest BCUT2D eigenvalue weighted by Crippen LogP contribution is 2.37. The zero-order chi connectivity index (χ0) is 21.6. The first kappa shape index (κ1) is 26.6. The van der Waals surface area contributed by atoms with E-state index in [1.54, 1.807) is 11.3 Å². The van der Waals surface area contributed by atoms with Crippen LogP contribution in [0.3, 0.4) is 0 Å². The predicted molar refractivity (Wildman–Crippen MR) is 131 cm³/mol. The SMILES string of the molecule is CCNC(=NCC1CCN(Cc2csc(C)n2)CC1)NC1CCCC(C(F)(F)F)C1.I. The van der Waals surface area contributed by atoms with Gasteiger partial charge in [-0.15, -0.1) is 35.3 Å². The van der Waals surface area contributed by atoms with E-state index in [2.05, 4.69) is 25.9 Å². The lowest BCUT2D eigenvalue weighted by Crippen LogP contribution is -2.47. The Morgan fingerprint density at radius 3 is 2.61 bits per heavy atom. The lowest BCUT2D eigenvalue weighted by atomic mass is 9.85. The van der Waals surface area contributed by atoms with Crippen LogP contribution in [0.15, 0.2) is 10.4 Å². The van der Waals surface area contributed by atoms with Crippen LogP contribution in [-0.2, 0) is 6.54 Å². The van der Waals surface area contributed by atoms with E-state index in [1.807, 2.05) is 13.8 Å². The fraction of sp³-hybridized carbons (Fsp3) is 0.810. The Hall–Kier alpha value is -0.620. The van der Waals surface area contributed by atoms with Gasteiger partial charge in [0.25, 0.3) is 0 Å². The lowest BCUT2D eigenvalue weighted by molar-refractivity contribution is -0.183. The highest BCUT2D eigenvalue weighted by molar-refractivity contribution is 14.0. The van der Waals surface area contributed by atoms with Gasteiger partial charge >= 0.3 is 6.18 Å². The summed E-state index contributed by atoms with van der Waals surface area (Å²) in [5.41, 5.74) is 1.15. The number of piperidine rings is 1. The van der Waals surface area contributed by atoms with Crippen molar-refractivity contribution in [2.45, 2.75) is 71.1 Å². The second kappa shape index (κ2) is 12.6. The van der Waals surface area contributed by atoms with Crippen molar-refractivity contribution >= 4 is 41.3 Å². The summed E-state index contributed by atoms with van der Waals surface area (Å²) in [6.45, 7) is 8.42. The zero-order valence-corrected chi connectivity index (χ0v) is 21.5. The third kappa shape index (κ3) is 8.68. The minimum absolute atomic E-state index is 0. The van der Waals surface area contributed by atoms with Crippen LogP contribution in [0.4, 0.5) is 13.2 Å². The predicted octanol–water partition coefficient (Wildman–Crippen LogP) is 4.96. The van der Waals surface area contributed by atoms with Crippen molar-refractivity contribution in [3.05, 3.63) is 16.1 Å².